The maximum Gasteiger partial charge on any atom is 0.255 e. The van der Waals surface area contributed by atoms with Crippen molar-refractivity contribution < 1.29 is 4.79 Å². The third-order valence-electron chi connectivity index (χ3n) is 3.11. The molecule has 0 bridgehead atoms. The minimum Gasteiger partial charge on any atom is -0.322 e. The van der Waals surface area contributed by atoms with Crippen LogP contribution in [0.4, 0.5) is 5.69 Å². The van der Waals surface area contributed by atoms with Crippen LogP contribution in [0.25, 0.3) is 0 Å². The molecule has 0 unspecified atom stereocenters. The summed E-state index contributed by atoms with van der Waals surface area (Å²) in [6.07, 6.45) is 0.974. The largest absolute Gasteiger partial charge is 0.322 e. The van der Waals surface area contributed by atoms with Crippen molar-refractivity contribution in [2.75, 3.05) is 10.6 Å². The Bertz CT molecular complexity index is 610. The highest BCUT2D eigenvalue weighted by Crippen LogP contribution is 2.20. The number of amides is 1. The fourth-order valence-corrected chi connectivity index (χ4v) is 2.55. The standard InChI is InChI=1S/C16H15BrClNO/c1-11-14(3-2-4-15(11)18)16(20)19-13-7-5-12(6-8-13)9-10-17/h2-8H,9-10H2,1H3,(H,19,20). The zero-order chi connectivity index (χ0) is 14.5. The highest BCUT2D eigenvalue weighted by atomic mass is 79.9. The summed E-state index contributed by atoms with van der Waals surface area (Å²) in [6, 6.07) is 13.2. The molecule has 2 rings (SSSR count). The number of hydrogen-bond donors (Lipinski definition) is 1. The van der Waals surface area contributed by atoms with Crippen LogP contribution in [-0.4, -0.2) is 11.2 Å². The van der Waals surface area contributed by atoms with Crippen molar-refractivity contribution in [1.82, 2.24) is 0 Å². The number of alkyl halides is 1. The number of anilines is 1. The lowest BCUT2D eigenvalue weighted by Gasteiger charge is -2.09. The molecule has 0 aliphatic carbocycles. The lowest BCUT2D eigenvalue weighted by atomic mass is 10.1. The molecule has 20 heavy (non-hydrogen) atoms. The highest BCUT2D eigenvalue weighted by Gasteiger charge is 2.10. The van der Waals surface area contributed by atoms with Gasteiger partial charge in [-0.1, -0.05) is 45.7 Å². The van der Waals surface area contributed by atoms with Gasteiger partial charge < -0.3 is 5.32 Å². The number of benzene rings is 2. The van der Waals surface area contributed by atoms with Crippen LogP contribution >= 0.6 is 27.5 Å². The van der Waals surface area contributed by atoms with Crippen LogP contribution in [0, 0.1) is 6.92 Å². The van der Waals surface area contributed by atoms with E-state index in [-0.39, 0.29) is 5.91 Å². The van der Waals surface area contributed by atoms with Gasteiger partial charge in [-0.3, -0.25) is 4.79 Å². The van der Waals surface area contributed by atoms with E-state index in [0.717, 1.165) is 23.0 Å². The van der Waals surface area contributed by atoms with Gasteiger partial charge in [-0.25, -0.2) is 0 Å². The topological polar surface area (TPSA) is 29.1 Å². The van der Waals surface area contributed by atoms with Gasteiger partial charge in [-0.2, -0.15) is 0 Å². The minimum atomic E-state index is -0.141. The van der Waals surface area contributed by atoms with Crippen LogP contribution in [0.2, 0.25) is 5.02 Å². The maximum absolute atomic E-state index is 12.2. The molecule has 0 aliphatic heterocycles. The number of carbonyl (C=O) groups excluding carboxylic acids is 1. The van der Waals surface area contributed by atoms with Crippen LogP contribution in [-0.2, 0) is 6.42 Å². The van der Waals surface area contributed by atoms with Crippen molar-refractivity contribution in [3.8, 4) is 0 Å². The molecule has 4 heteroatoms. The van der Waals surface area contributed by atoms with Crippen molar-refractivity contribution in [3.63, 3.8) is 0 Å². The van der Waals surface area contributed by atoms with Crippen LogP contribution in [0.1, 0.15) is 21.5 Å². The Morgan fingerprint density at radius 1 is 1.20 bits per heavy atom. The predicted molar refractivity (Wildman–Crippen MR) is 88.1 cm³/mol. The number of hydrogen-bond acceptors (Lipinski definition) is 1. The van der Waals surface area contributed by atoms with E-state index < -0.39 is 0 Å². The molecule has 0 radical (unpaired) electrons. The molecule has 2 nitrogen and oxygen atoms in total. The van der Waals surface area contributed by atoms with Crippen molar-refractivity contribution in [3.05, 3.63) is 64.2 Å². The summed E-state index contributed by atoms with van der Waals surface area (Å²) in [4.78, 5) is 12.2. The smallest absolute Gasteiger partial charge is 0.255 e. The molecule has 1 amide bonds. The van der Waals surface area contributed by atoms with Gasteiger partial charge in [-0.15, -0.1) is 0 Å². The van der Waals surface area contributed by atoms with Crippen molar-refractivity contribution >= 4 is 39.1 Å². The third-order valence-corrected chi connectivity index (χ3v) is 3.91. The Morgan fingerprint density at radius 3 is 2.55 bits per heavy atom. The summed E-state index contributed by atoms with van der Waals surface area (Å²) in [5.74, 6) is -0.141. The lowest BCUT2D eigenvalue weighted by molar-refractivity contribution is 0.102. The van der Waals surface area contributed by atoms with Gasteiger partial charge in [0, 0.05) is 21.6 Å². The molecular weight excluding hydrogens is 338 g/mol. The second kappa shape index (κ2) is 6.91. The molecule has 0 saturated carbocycles. The minimum absolute atomic E-state index is 0.141. The Kier molecular flexibility index (Phi) is 5.21. The van der Waals surface area contributed by atoms with Gasteiger partial charge in [0.05, 0.1) is 0 Å². The molecule has 0 spiro atoms. The molecular formula is C16H15BrClNO. The first-order chi connectivity index (χ1) is 9.61. The maximum atomic E-state index is 12.2. The fraction of sp³-hybridized carbons (Fsp3) is 0.188. The molecule has 2 aromatic carbocycles. The number of rotatable bonds is 4. The lowest BCUT2D eigenvalue weighted by Crippen LogP contribution is -2.13. The van der Waals surface area contributed by atoms with Gasteiger partial charge in [0.15, 0.2) is 0 Å². The Morgan fingerprint density at radius 2 is 1.90 bits per heavy atom. The molecule has 0 aromatic heterocycles. The second-order valence-electron chi connectivity index (χ2n) is 4.50. The molecule has 0 aliphatic rings. The number of aryl methyl sites for hydroxylation is 1. The van der Waals surface area contributed by atoms with Crippen molar-refractivity contribution in [1.29, 1.82) is 0 Å². The van der Waals surface area contributed by atoms with Gasteiger partial charge >= 0.3 is 0 Å². The quantitative estimate of drug-likeness (QED) is 0.784. The van der Waals surface area contributed by atoms with Gasteiger partial charge in [0.25, 0.3) is 5.91 Å². The third kappa shape index (κ3) is 3.62. The summed E-state index contributed by atoms with van der Waals surface area (Å²) in [5, 5.41) is 4.42. The molecule has 104 valence electrons. The molecule has 0 heterocycles. The predicted octanol–water partition coefficient (Wildman–Crippen LogP) is 4.84. The molecule has 1 N–H and O–H groups in total. The van der Waals surface area contributed by atoms with E-state index in [4.69, 9.17) is 11.6 Å². The zero-order valence-corrected chi connectivity index (χ0v) is 13.5. The Labute approximate surface area is 132 Å². The van der Waals surface area contributed by atoms with E-state index >= 15 is 0 Å². The van der Waals surface area contributed by atoms with Crippen LogP contribution in [0.15, 0.2) is 42.5 Å². The Hall–Kier alpha value is -1.32. The SMILES string of the molecule is Cc1c(Cl)cccc1C(=O)Nc1ccc(CCBr)cc1. The first-order valence-corrected chi connectivity index (χ1v) is 7.83. The van der Waals surface area contributed by atoms with E-state index in [2.05, 4.69) is 21.2 Å². The summed E-state index contributed by atoms with van der Waals surface area (Å²) in [7, 11) is 0. The van der Waals surface area contributed by atoms with Crippen molar-refractivity contribution in [2.45, 2.75) is 13.3 Å². The van der Waals surface area contributed by atoms with Crippen LogP contribution in [0.3, 0.4) is 0 Å². The monoisotopic (exact) mass is 351 g/mol. The van der Waals surface area contributed by atoms with E-state index in [0.29, 0.717) is 10.6 Å². The van der Waals surface area contributed by atoms with E-state index in [1.165, 1.54) is 5.56 Å². The van der Waals surface area contributed by atoms with E-state index in [1.54, 1.807) is 18.2 Å². The zero-order valence-electron chi connectivity index (χ0n) is 11.1. The molecule has 0 atom stereocenters. The average molecular weight is 353 g/mol. The Balaban J connectivity index is 2.13. The molecule has 0 saturated heterocycles. The molecule has 2 aromatic rings. The normalized spacial score (nSPS) is 10.3. The second-order valence-corrected chi connectivity index (χ2v) is 5.70. The number of nitrogens with one attached hydrogen (secondary N) is 1. The number of halogens is 2. The first kappa shape index (κ1) is 15.1. The number of carbonyl (C=O) groups is 1. The fourth-order valence-electron chi connectivity index (χ4n) is 1.92. The summed E-state index contributed by atoms with van der Waals surface area (Å²) in [5.41, 5.74) is 3.41. The van der Waals surface area contributed by atoms with Gasteiger partial charge in [0.2, 0.25) is 0 Å². The van der Waals surface area contributed by atoms with Crippen LogP contribution in [0.5, 0.6) is 0 Å². The van der Waals surface area contributed by atoms with E-state index in [1.807, 2.05) is 31.2 Å². The van der Waals surface area contributed by atoms with Crippen molar-refractivity contribution in [2.24, 2.45) is 0 Å². The van der Waals surface area contributed by atoms with Gasteiger partial charge in [0.1, 0.15) is 0 Å². The molecule has 0 fully saturated rings. The van der Waals surface area contributed by atoms with Gasteiger partial charge in [-0.05, 0) is 48.7 Å². The average Bonchev–Trinajstić information content (AvgIpc) is 2.44. The van der Waals surface area contributed by atoms with E-state index in [9.17, 15) is 4.79 Å². The summed E-state index contributed by atoms with van der Waals surface area (Å²) >= 11 is 9.44. The highest BCUT2D eigenvalue weighted by molar-refractivity contribution is 9.09. The van der Waals surface area contributed by atoms with Crippen LogP contribution < -0.4 is 5.32 Å². The summed E-state index contributed by atoms with van der Waals surface area (Å²) < 4.78 is 0. The summed E-state index contributed by atoms with van der Waals surface area (Å²) in [6.45, 7) is 1.84. The first-order valence-electron chi connectivity index (χ1n) is 6.33.